The summed E-state index contributed by atoms with van der Waals surface area (Å²) in [6, 6.07) is 4.51. The molecule has 1 aromatic carbocycles. The molecule has 0 aliphatic heterocycles. The van der Waals surface area contributed by atoms with Crippen LogP contribution in [0.3, 0.4) is 0 Å². The number of hydrogen-bond acceptors (Lipinski definition) is 6. The number of aromatic nitrogens is 2. The lowest BCUT2D eigenvalue weighted by atomic mass is 10.2. The van der Waals surface area contributed by atoms with Gasteiger partial charge in [0.25, 0.3) is 10.4 Å². The Morgan fingerprint density at radius 2 is 2.22 bits per heavy atom. The highest BCUT2D eigenvalue weighted by atomic mass is 32.2. The van der Waals surface area contributed by atoms with Crippen molar-refractivity contribution in [2.45, 2.75) is 10.4 Å². The monoisotopic (exact) mass is 262 g/mol. The van der Waals surface area contributed by atoms with Crippen molar-refractivity contribution in [3.63, 3.8) is 0 Å². The maximum Gasteiger partial charge on any atom is 0.335 e. The first-order valence-electron chi connectivity index (χ1n) is 4.93. The van der Waals surface area contributed by atoms with Crippen molar-refractivity contribution in [1.29, 1.82) is 0 Å². The van der Waals surface area contributed by atoms with Gasteiger partial charge in [0.1, 0.15) is 11.8 Å². The molecule has 6 nitrogen and oxygen atoms in total. The van der Waals surface area contributed by atoms with Gasteiger partial charge in [0, 0.05) is 11.8 Å². The molecule has 3 rings (SSSR count). The number of benzene rings is 1. The van der Waals surface area contributed by atoms with Gasteiger partial charge in [-0.05, 0) is 18.2 Å². The summed E-state index contributed by atoms with van der Waals surface area (Å²) in [6.07, 6.45) is 2.97. The minimum atomic E-state index is -1.00. The Hall–Kier alpha value is -2.28. The van der Waals surface area contributed by atoms with Gasteiger partial charge in [0.15, 0.2) is 5.58 Å². The first kappa shape index (κ1) is 10.8. The molecule has 1 N–H and O–H groups in total. The fourth-order valence-corrected chi connectivity index (χ4v) is 2.06. The largest absolute Gasteiger partial charge is 0.478 e. The molecule has 0 spiro atoms. The van der Waals surface area contributed by atoms with Gasteiger partial charge in [-0.1, -0.05) is 0 Å². The van der Waals surface area contributed by atoms with E-state index in [1.54, 1.807) is 6.07 Å². The van der Waals surface area contributed by atoms with E-state index in [2.05, 4.69) is 9.97 Å². The van der Waals surface area contributed by atoms with Crippen molar-refractivity contribution in [3.8, 4) is 0 Å². The lowest BCUT2D eigenvalue weighted by Gasteiger charge is -1.91. The zero-order valence-corrected chi connectivity index (χ0v) is 9.68. The second kappa shape index (κ2) is 4.19. The lowest BCUT2D eigenvalue weighted by Crippen LogP contribution is -1.94. The van der Waals surface area contributed by atoms with Crippen molar-refractivity contribution >= 4 is 28.8 Å². The van der Waals surface area contributed by atoms with Gasteiger partial charge in [-0.15, -0.1) is 0 Å². The Morgan fingerprint density at radius 3 is 2.94 bits per heavy atom. The topological polar surface area (TPSA) is 89.4 Å². The molecule has 2 aromatic heterocycles. The fraction of sp³-hybridized carbons (Fsp3) is 0. The SMILES string of the molecule is O=C(O)c1ccc2nc(Sc3ncco3)oc2c1. The minimum absolute atomic E-state index is 0.159. The smallest absolute Gasteiger partial charge is 0.335 e. The number of carboxylic acid groups (broad SMARTS) is 1. The third-order valence-electron chi connectivity index (χ3n) is 2.20. The van der Waals surface area contributed by atoms with Crippen LogP contribution in [0, 0.1) is 0 Å². The normalized spacial score (nSPS) is 10.9. The summed E-state index contributed by atoms with van der Waals surface area (Å²) in [7, 11) is 0. The summed E-state index contributed by atoms with van der Waals surface area (Å²) >= 11 is 1.13. The van der Waals surface area contributed by atoms with Gasteiger partial charge in [-0.3, -0.25) is 0 Å². The van der Waals surface area contributed by atoms with Crippen LogP contribution in [-0.2, 0) is 0 Å². The van der Waals surface area contributed by atoms with Crippen LogP contribution in [-0.4, -0.2) is 21.0 Å². The first-order chi connectivity index (χ1) is 8.72. The van der Waals surface area contributed by atoms with E-state index in [1.807, 2.05) is 0 Å². The van der Waals surface area contributed by atoms with E-state index in [0.717, 1.165) is 11.8 Å². The number of hydrogen-bond donors (Lipinski definition) is 1. The predicted octanol–water partition coefficient (Wildman–Crippen LogP) is 2.67. The van der Waals surface area contributed by atoms with Crippen LogP contribution < -0.4 is 0 Å². The van der Waals surface area contributed by atoms with Gasteiger partial charge in [0.2, 0.25) is 0 Å². The zero-order chi connectivity index (χ0) is 12.5. The van der Waals surface area contributed by atoms with Crippen LogP contribution in [0.25, 0.3) is 11.1 Å². The van der Waals surface area contributed by atoms with E-state index in [9.17, 15) is 4.79 Å². The van der Waals surface area contributed by atoms with E-state index < -0.39 is 5.97 Å². The van der Waals surface area contributed by atoms with Crippen LogP contribution in [0.4, 0.5) is 0 Å². The number of fused-ring (bicyclic) bond motifs is 1. The van der Waals surface area contributed by atoms with Crippen molar-refractivity contribution in [3.05, 3.63) is 36.2 Å². The minimum Gasteiger partial charge on any atom is -0.478 e. The van der Waals surface area contributed by atoms with Crippen molar-refractivity contribution < 1.29 is 18.7 Å². The molecule has 0 aliphatic rings. The van der Waals surface area contributed by atoms with Gasteiger partial charge >= 0.3 is 5.97 Å². The highest BCUT2D eigenvalue weighted by Gasteiger charge is 2.12. The third kappa shape index (κ3) is 1.95. The highest BCUT2D eigenvalue weighted by Crippen LogP contribution is 2.28. The predicted molar refractivity (Wildman–Crippen MR) is 61.6 cm³/mol. The lowest BCUT2D eigenvalue weighted by molar-refractivity contribution is 0.0697. The number of carbonyl (C=O) groups is 1. The standard InChI is InChI=1S/C11H6N2O4S/c14-9(15)6-1-2-7-8(5-6)17-11(13-7)18-10-12-3-4-16-10/h1-5H,(H,14,15). The first-order valence-corrected chi connectivity index (χ1v) is 5.75. The molecule has 0 radical (unpaired) electrons. The molecule has 7 heteroatoms. The molecule has 3 aromatic rings. The van der Waals surface area contributed by atoms with Crippen molar-refractivity contribution in [2.75, 3.05) is 0 Å². The summed E-state index contributed by atoms with van der Waals surface area (Å²) in [5.74, 6) is -1.00. The molecule has 0 atom stereocenters. The molecular formula is C11H6N2O4S. The molecule has 90 valence electrons. The van der Waals surface area contributed by atoms with Crippen LogP contribution >= 0.6 is 11.8 Å². The van der Waals surface area contributed by atoms with E-state index in [1.165, 1.54) is 24.6 Å². The van der Waals surface area contributed by atoms with Gasteiger partial charge in [-0.25, -0.2) is 14.8 Å². The fourth-order valence-electron chi connectivity index (χ4n) is 1.42. The number of oxazole rings is 2. The molecule has 0 saturated carbocycles. The van der Waals surface area contributed by atoms with E-state index in [4.69, 9.17) is 13.9 Å². The van der Waals surface area contributed by atoms with Gasteiger partial charge < -0.3 is 13.9 Å². The molecular weight excluding hydrogens is 256 g/mol. The summed E-state index contributed by atoms with van der Waals surface area (Å²) in [6.45, 7) is 0. The van der Waals surface area contributed by atoms with E-state index in [0.29, 0.717) is 21.5 Å². The van der Waals surface area contributed by atoms with Crippen molar-refractivity contribution in [1.82, 2.24) is 9.97 Å². The molecule has 0 bridgehead atoms. The van der Waals surface area contributed by atoms with Crippen LogP contribution in [0.5, 0.6) is 0 Å². The number of nitrogens with zero attached hydrogens (tertiary/aromatic N) is 2. The summed E-state index contributed by atoms with van der Waals surface area (Å²) in [5, 5.41) is 9.64. The Labute approximate surface area is 105 Å². The molecule has 0 unspecified atom stereocenters. The van der Waals surface area contributed by atoms with Gasteiger partial charge in [0.05, 0.1) is 11.8 Å². The molecule has 18 heavy (non-hydrogen) atoms. The average molecular weight is 262 g/mol. The van der Waals surface area contributed by atoms with E-state index in [-0.39, 0.29) is 5.56 Å². The third-order valence-corrected chi connectivity index (χ3v) is 2.93. The van der Waals surface area contributed by atoms with Crippen LogP contribution in [0.2, 0.25) is 0 Å². The molecule has 0 amide bonds. The summed E-state index contributed by atoms with van der Waals surface area (Å²) in [5.41, 5.74) is 1.17. The van der Waals surface area contributed by atoms with Crippen molar-refractivity contribution in [2.24, 2.45) is 0 Å². The Kier molecular flexibility index (Phi) is 2.52. The molecule has 0 aliphatic carbocycles. The maximum absolute atomic E-state index is 10.8. The number of aromatic carboxylic acids is 1. The van der Waals surface area contributed by atoms with E-state index >= 15 is 0 Å². The quantitative estimate of drug-likeness (QED) is 0.775. The summed E-state index contributed by atoms with van der Waals surface area (Å²) < 4.78 is 10.5. The summed E-state index contributed by atoms with van der Waals surface area (Å²) in [4.78, 5) is 18.9. The Balaban J connectivity index is 1.98. The number of carboxylic acids is 1. The Bertz CT molecular complexity index is 705. The second-order valence-corrected chi connectivity index (χ2v) is 4.27. The molecule has 0 fully saturated rings. The van der Waals surface area contributed by atoms with Crippen LogP contribution in [0.1, 0.15) is 10.4 Å². The number of rotatable bonds is 3. The molecule has 0 saturated heterocycles. The highest BCUT2D eigenvalue weighted by molar-refractivity contribution is 7.98. The second-order valence-electron chi connectivity index (χ2n) is 3.37. The zero-order valence-electron chi connectivity index (χ0n) is 8.86. The molecule has 2 heterocycles. The Morgan fingerprint density at radius 1 is 1.33 bits per heavy atom. The average Bonchev–Trinajstić information content (AvgIpc) is 2.96. The van der Waals surface area contributed by atoms with Gasteiger partial charge in [-0.2, -0.15) is 0 Å². The maximum atomic E-state index is 10.8. The van der Waals surface area contributed by atoms with Crippen LogP contribution in [0.15, 0.2) is 49.9 Å².